The van der Waals surface area contributed by atoms with Crippen LogP contribution in [0.4, 0.5) is 10.5 Å². The van der Waals surface area contributed by atoms with Crippen LogP contribution in [0.5, 0.6) is 0 Å². The van der Waals surface area contributed by atoms with Gasteiger partial charge in [0.15, 0.2) is 0 Å². The minimum atomic E-state index is -0.404. The zero-order chi connectivity index (χ0) is 23.8. The predicted molar refractivity (Wildman–Crippen MR) is 137 cm³/mol. The van der Waals surface area contributed by atoms with E-state index in [1.165, 1.54) is 0 Å². The molecule has 3 aromatic rings. The van der Waals surface area contributed by atoms with Crippen molar-refractivity contribution in [2.45, 2.75) is 38.8 Å². The zero-order valence-corrected chi connectivity index (χ0v) is 20.3. The lowest BCUT2D eigenvalue weighted by Crippen LogP contribution is -2.43. The lowest BCUT2D eigenvalue weighted by Gasteiger charge is -2.33. The summed E-state index contributed by atoms with van der Waals surface area (Å²) >= 11 is 7.12. The maximum atomic E-state index is 13.1. The molecule has 1 aromatic heterocycles. The molecule has 174 valence electrons. The molecule has 1 atom stereocenters. The lowest BCUT2D eigenvalue weighted by atomic mass is 10.0. The molecule has 2 aliphatic rings. The van der Waals surface area contributed by atoms with E-state index in [0.29, 0.717) is 15.6 Å². The normalized spacial score (nSPS) is 20.1. The highest BCUT2D eigenvalue weighted by molar-refractivity contribution is 8.19. The summed E-state index contributed by atoms with van der Waals surface area (Å²) in [6.07, 6.45) is 6.85. The van der Waals surface area contributed by atoms with Crippen LogP contribution < -0.4 is 4.90 Å². The lowest BCUT2D eigenvalue weighted by molar-refractivity contribution is -0.135. The molecular weight excluding hydrogens is 470 g/mol. The van der Waals surface area contributed by atoms with Gasteiger partial charge in [-0.1, -0.05) is 41.9 Å². The number of fused-ring (bicyclic) bond motifs is 1. The fourth-order valence-corrected chi connectivity index (χ4v) is 5.72. The number of piperidine rings is 1. The van der Waals surface area contributed by atoms with E-state index in [2.05, 4.69) is 6.92 Å². The van der Waals surface area contributed by atoms with Gasteiger partial charge in [-0.05, 0) is 62.2 Å². The summed E-state index contributed by atoms with van der Waals surface area (Å²) in [5.41, 5.74) is 2.08. The molecule has 3 amide bonds. The molecule has 34 heavy (non-hydrogen) atoms. The topological polar surface area (TPSA) is 62.6 Å². The van der Waals surface area contributed by atoms with Gasteiger partial charge in [-0.25, -0.2) is 4.90 Å². The first kappa shape index (κ1) is 22.7. The minimum Gasteiger partial charge on any atom is -0.338 e. The molecule has 0 saturated carbocycles. The Morgan fingerprint density at radius 3 is 2.68 bits per heavy atom. The van der Waals surface area contributed by atoms with Crippen molar-refractivity contribution >= 4 is 63.1 Å². The van der Waals surface area contributed by atoms with Crippen LogP contribution in [0.15, 0.2) is 59.6 Å². The maximum absolute atomic E-state index is 13.1. The van der Waals surface area contributed by atoms with E-state index in [4.69, 9.17) is 11.6 Å². The Bertz CT molecular complexity index is 1330. The highest BCUT2D eigenvalue weighted by Crippen LogP contribution is 2.39. The van der Waals surface area contributed by atoms with Gasteiger partial charge in [0.1, 0.15) is 6.54 Å². The number of nitrogens with zero attached hydrogens (tertiary/aromatic N) is 3. The number of likely N-dealkylation sites (tertiary alicyclic amines) is 1. The molecule has 0 unspecified atom stereocenters. The number of hydrogen-bond acceptors (Lipinski definition) is 4. The van der Waals surface area contributed by atoms with Gasteiger partial charge >= 0.3 is 0 Å². The molecule has 8 heteroatoms. The maximum Gasteiger partial charge on any atom is 0.298 e. The van der Waals surface area contributed by atoms with E-state index < -0.39 is 5.91 Å². The van der Waals surface area contributed by atoms with E-state index in [1.54, 1.807) is 30.3 Å². The number of imide groups is 1. The Hall–Kier alpha value is -3.03. The molecule has 2 fully saturated rings. The summed E-state index contributed by atoms with van der Waals surface area (Å²) in [6.45, 7) is 3.13. The van der Waals surface area contributed by atoms with Crippen molar-refractivity contribution in [2.75, 3.05) is 11.4 Å². The van der Waals surface area contributed by atoms with Gasteiger partial charge < -0.3 is 9.47 Å². The average molecular weight is 494 g/mol. The van der Waals surface area contributed by atoms with Gasteiger partial charge in [-0.2, -0.15) is 0 Å². The fourth-order valence-electron chi connectivity index (χ4n) is 4.68. The highest BCUT2D eigenvalue weighted by atomic mass is 35.5. The van der Waals surface area contributed by atoms with Crippen molar-refractivity contribution in [3.05, 3.63) is 70.2 Å². The number of carbonyl (C=O) groups excluding carboxylic acids is 3. The molecule has 3 heterocycles. The molecule has 0 radical (unpaired) electrons. The number of benzene rings is 2. The van der Waals surface area contributed by atoms with Crippen molar-refractivity contribution in [3.63, 3.8) is 0 Å². The van der Waals surface area contributed by atoms with E-state index >= 15 is 0 Å². The fraction of sp³-hybridized carbons (Fsp3) is 0.269. The van der Waals surface area contributed by atoms with Crippen molar-refractivity contribution in [1.29, 1.82) is 0 Å². The molecule has 0 aliphatic carbocycles. The summed E-state index contributed by atoms with van der Waals surface area (Å²) in [5.74, 6) is -0.309. The van der Waals surface area contributed by atoms with Crippen molar-refractivity contribution in [1.82, 2.24) is 9.47 Å². The molecule has 0 spiro atoms. The van der Waals surface area contributed by atoms with E-state index in [9.17, 15) is 14.4 Å². The summed E-state index contributed by atoms with van der Waals surface area (Å²) in [4.78, 5) is 42.3. The average Bonchev–Trinajstić information content (AvgIpc) is 3.31. The van der Waals surface area contributed by atoms with Crippen LogP contribution in [-0.4, -0.2) is 39.1 Å². The third kappa shape index (κ3) is 4.14. The Balaban J connectivity index is 1.47. The van der Waals surface area contributed by atoms with Crippen LogP contribution >= 0.6 is 23.4 Å². The number of thioether (sulfide) groups is 1. The quantitative estimate of drug-likeness (QED) is 0.422. The Morgan fingerprint density at radius 1 is 1.12 bits per heavy atom. The minimum absolute atomic E-state index is 0.0959. The van der Waals surface area contributed by atoms with Crippen molar-refractivity contribution in [3.8, 4) is 0 Å². The number of anilines is 1. The summed E-state index contributed by atoms with van der Waals surface area (Å²) in [5, 5.41) is 0.877. The molecular formula is C26H24ClN3O3S. The molecule has 2 saturated heterocycles. The van der Waals surface area contributed by atoms with Crippen LogP contribution in [0.3, 0.4) is 0 Å². The molecule has 0 bridgehead atoms. The summed E-state index contributed by atoms with van der Waals surface area (Å²) in [7, 11) is 0. The van der Waals surface area contributed by atoms with E-state index in [0.717, 1.165) is 58.9 Å². The van der Waals surface area contributed by atoms with Crippen LogP contribution in [-0.2, 0) is 16.1 Å². The number of aromatic nitrogens is 1. The second kappa shape index (κ2) is 9.31. The first-order chi connectivity index (χ1) is 16.4. The van der Waals surface area contributed by atoms with Crippen LogP contribution in [0.2, 0.25) is 5.02 Å². The largest absolute Gasteiger partial charge is 0.338 e. The predicted octanol–water partition coefficient (Wildman–Crippen LogP) is 5.94. The zero-order valence-electron chi connectivity index (χ0n) is 18.7. The molecule has 2 aromatic carbocycles. The third-order valence-electron chi connectivity index (χ3n) is 6.42. The number of halogens is 1. The van der Waals surface area contributed by atoms with Gasteiger partial charge in [0.2, 0.25) is 5.91 Å². The Morgan fingerprint density at radius 2 is 1.88 bits per heavy atom. The standard InChI is InChI=1S/C26H24ClN3O3S/c1-17-8-6-7-13-29(17)24(31)16-28-15-18(19-9-2-4-11-21(19)28)14-23-25(32)30(26(33)34-23)22-12-5-3-10-20(22)27/h2-5,9-12,14-15,17H,6-8,13,16H2,1H3/b23-14-/t17-/m1/s1. The van der Waals surface area contributed by atoms with Crippen LogP contribution in [0.25, 0.3) is 17.0 Å². The first-order valence-corrected chi connectivity index (χ1v) is 12.5. The van der Waals surface area contributed by atoms with Gasteiger partial charge in [0.05, 0.1) is 15.6 Å². The van der Waals surface area contributed by atoms with Gasteiger partial charge in [0, 0.05) is 35.2 Å². The SMILES string of the molecule is C[C@@H]1CCCCN1C(=O)Cn1cc(/C=C2\SC(=O)N(c3ccccc3Cl)C2=O)c2ccccc21. The molecule has 6 nitrogen and oxygen atoms in total. The van der Waals surface area contributed by atoms with Crippen molar-refractivity contribution < 1.29 is 14.4 Å². The Labute approximate surface area is 207 Å². The molecule has 2 aliphatic heterocycles. The van der Waals surface area contributed by atoms with Gasteiger partial charge in [-0.15, -0.1) is 0 Å². The van der Waals surface area contributed by atoms with Crippen LogP contribution in [0, 0.1) is 0 Å². The van der Waals surface area contributed by atoms with Crippen LogP contribution in [0.1, 0.15) is 31.7 Å². The summed E-state index contributed by atoms with van der Waals surface area (Å²) in [6, 6.07) is 14.8. The van der Waals surface area contributed by atoms with Crippen molar-refractivity contribution in [2.24, 2.45) is 0 Å². The number of carbonyl (C=O) groups is 3. The molecule has 5 rings (SSSR count). The van der Waals surface area contributed by atoms with Gasteiger partial charge in [0.25, 0.3) is 11.1 Å². The number of amides is 3. The Kier molecular flexibility index (Phi) is 6.23. The smallest absolute Gasteiger partial charge is 0.298 e. The number of para-hydroxylation sites is 2. The number of rotatable bonds is 4. The highest BCUT2D eigenvalue weighted by Gasteiger charge is 2.37. The second-order valence-electron chi connectivity index (χ2n) is 8.63. The van der Waals surface area contributed by atoms with E-state index in [1.807, 2.05) is 39.9 Å². The first-order valence-electron chi connectivity index (χ1n) is 11.3. The second-order valence-corrected chi connectivity index (χ2v) is 10.0. The third-order valence-corrected chi connectivity index (χ3v) is 7.61. The number of hydrogen-bond donors (Lipinski definition) is 0. The molecule has 0 N–H and O–H groups in total. The van der Waals surface area contributed by atoms with Gasteiger partial charge in [-0.3, -0.25) is 14.4 Å². The van der Waals surface area contributed by atoms with E-state index in [-0.39, 0.29) is 23.7 Å². The monoisotopic (exact) mass is 493 g/mol. The summed E-state index contributed by atoms with van der Waals surface area (Å²) < 4.78 is 1.93.